The second kappa shape index (κ2) is 14.1. The average molecular weight is 604 g/mol. The van der Waals surface area contributed by atoms with Crippen LogP contribution < -0.4 is 21.1 Å². The molecule has 2 amide bonds. The monoisotopic (exact) mass is 603 g/mol. The van der Waals surface area contributed by atoms with E-state index in [0.717, 1.165) is 32.7 Å². The number of carbonyl (C=O) groups is 3. The molecule has 8 heteroatoms. The molecule has 5 N–H and O–H groups in total. The van der Waals surface area contributed by atoms with E-state index in [9.17, 15) is 19.5 Å². The summed E-state index contributed by atoms with van der Waals surface area (Å²) in [5.41, 5.74) is 8.61. The Labute approximate surface area is 262 Å². The Kier molecular flexibility index (Phi) is 9.75. The number of nitrogens with one attached hydrogen (secondary N) is 2. The van der Waals surface area contributed by atoms with Gasteiger partial charge in [-0.2, -0.15) is 0 Å². The van der Waals surface area contributed by atoms with Crippen LogP contribution in [0.3, 0.4) is 0 Å². The predicted octanol–water partition coefficient (Wildman–Crippen LogP) is 5.96. The van der Waals surface area contributed by atoms with E-state index in [-0.39, 0.29) is 17.9 Å². The molecule has 0 aliphatic carbocycles. The predicted molar refractivity (Wildman–Crippen MR) is 178 cm³/mol. The molecule has 0 heterocycles. The maximum Gasteiger partial charge on any atom is 0.326 e. The van der Waals surface area contributed by atoms with Gasteiger partial charge in [0.2, 0.25) is 5.91 Å². The van der Waals surface area contributed by atoms with E-state index in [4.69, 9.17) is 10.5 Å². The molecule has 2 atom stereocenters. The number of amides is 2. The molecule has 0 saturated heterocycles. The molecule has 0 fully saturated rings. The van der Waals surface area contributed by atoms with Crippen molar-refractivity contribution in [3.05, 3.63) is 120 Å². The van der Waals surface area contributed by atoms with E-state index in [1.807, 2.05) is 98.8 Å². The van der Waals surface area contributed by atoms with Gasteiger partial charge >= 0.3 is 5.97 Å². The molecule has 0 aliphatic rings. The number of hydrogen-bond donors (Lipinski definition) is 4. The highest BCUT2D eigenvalue weighted by Gasteiger charge is 2.23. The van der Waals surface area contributed by atoms with Gasteiger partial charge in [-0.1, -0.05) is 98.8 Å². The van der Waals surface area contributed by atoms with Gasteiger partial charge in [0.05, 0.1) is 18.3 Å². The number of carbonyl (C=O) groups excluding carboxylic acids is 2. The van der Waals surface area contributed by atoms with Crippen molar-refractivity contribution in [1.29, 1.82) is 0 Å². The van der Waals surface area contributed by atoms with Crippen molar-refractivity contribution in [2.45, 2.75) is 38.8 Å². The molecule has 230 valence electrons. The van der Waals surface area contributed by atoms with Crippen molar-refractivity contribution in [1.82, 2.24) is 5.32 Å². The van der Waals surface area contributed by atoms with Gasteiger partial charge in [-0.05, 0) is 63.2 Å². The van der Waals surface area contributed by atoms with Crippen molar-refractivity contribution in [3.8, 4) is 5.75 Å². The Morgan fingerprint density at radius 1 is 0.756 bits per heavy atom. The third-order valence-corrected chi connectivity index (χ3v) is 7.54. The lowest BCUT2D eigenvalue weighted by atomic mass is 10.0. The lowest BCUT2D eigenvalue weighted by Gasteiger charge is -2.19. The standard InChI is InChI=1S/C37H37N3O5/c1-23(2)22-45-34-21-30(35(41)40-33(37(43)44)20-25-12-14-27-8-4-6-10-29(27)18-25)15-16-32(34)39-36(42)31(38)19-24-11-13-26-7-3-5-9-28(26)17-24/h3-18,21,23,31,33H,19-20,22,38H2,1-2H3,(H,39,42)(H,40,41)(H,43,44)/t31-,33-/m0/s1. The smallest absolute Gasteiger partial charge is 0.326 e. The van der Waals surface area contributed by atoms with Gasteiger partial charge in [-0.25, -0.2) is 4.79 Å². The van der Waals surface area contributed by atoms with Gasteiger partial charge in [-0.15, -0.1) is 0 Å². The van der Waals surface area contributed by atoms with Gasteiger partial charge in [0.25, 0.3) is 5.91 Å². The highest BCUT2D eigenvalue weighted by Crippen LogP contribution is 2.27. The molecule has 45 heavy (non-hydrogen) atoms. The van der Waals surface area contributed by atoms with Crippen LogP contribution >= 0.6 is 0 Å². The topological polar surface area (TPSA) is 131 Å². The lowest BCUT2D eigenvalue weighted by molar-refractivity contribution is -0.139. The van der Waals surface area contributed by atoms with Gasteiger partial charge < -0.3 is 26.2 Å². The third-order valence-electron chi connectivity index (χ3n) is 7.54. The van der Waals surface area contributed by atoms with Gasteiger partial charge in [0, 0.05) is 12.0 Å². The number of fused-ring (bicyclic) bond motifs is 2. The van der Waals surface area contributed by atoms with Crippen molar-refractivity contribution in [2.75, 3.05) is 11.9 Å². The summed E-state index contributed by atoms with van der Waals surface area (Å²) >= 11 is 0. The Bertz CT molecular complexity index is 1850. The number of ether oxygens (including phenoxy) is 1. The average Bonchev–Trinajstić information content (AvgIpc) is 3.03. The van der Waals surface area contributed by atoms with E-state index < -0.39 is 29.9 Å². The summed E-state index contributed by atoms with van der Waals surface area (Å²) in [6.45, 7) is 4.31. The van der Waals surface area contributed by atoms with Crippen molar-refractivity contribution >= 4 is 45.0 Å². The number of anilines is 1. The van der Waals surface area contributed by atoms with Crippen molar-refractivity contribution in [2.24, 2.45) is 11.7 Å². The number of rotatable bonds is 12. The Morgan fingerprint density at radius 2 is 1.33 bits per heavy atom. The second-order valence-electron chi connectivity index (χ2n) is 11.6. The molecule has 0 aliphatic heterocycles. The zero-order valence-electron chi connectivity index (χ0n) is 25.3. The van der Waals surface area contributed by atoms with Crippen LogP contribution in [-0.4, -0.2) is 41.6 Å². The molecule has 8 nitrogen and oxygen atoms in total. The fraction of sp³-hybridized carbons (Fsp3) is 0.216. The number of benzene rings is 5. The number of nitrogens with two attached hydrogens (primary N) is 1. The Balaban J connectivity index is 1.29. The zero-order valence-corrected chi connectivity index (χ0v) is 25.3. The van der Waals surface area contributed by atoms with Crippen LogP contribution in [0.2, 0.25) is 0 Å². The number of carboxylic acids is 1. The van der Waals surface area contributed by atoms with E-state index in [1.54, 1.807) is 6.07 Å². The molecule has 0 spiro atoms. The van der Waals surface area contributed by atoms with E-state index in [2.05, 4.69) is 10.6 Å². The van der Waals surface area contributed by atoms with E-state index in [0.29, 0.717) is 24.5 Å². The minimum Gasteiger partial charge on any atom is -0.491 e. The van der Waals surface area contributed by atoms with Crippen LogP contribution in [-0.2, 0) is 22.4 Å². The largest absolute Gasteiger partial charge is 0.491 e. The minimum atomic E-state index is -1.15. The highest BCUT2D eigenvalue weighted by atomic mass is 16.5. The zero-order chi connectivity index (χ0) is 31.9. The number of carboxylic acid groups (broad SMARTS) is 1. The number of hydrogen-bond acceptors (Lipinski definition) is 5. The first-order valence-electron chi connectivity index (χ1n) is 15.0. The summed E-state index contributed by atoms with van der Waals surface area (Å²) in [5, 5.41) is 19.6. The van der Waals surface area contributed by atoms with Crippen LogP contribution in [0, 0.1) is 5.92 Å². The van der Waals surface area contributed by atoms with Gasteiger partial charge in [0.1, 0.15) is 11.8 Å². The quantitative estimate of drug-likeness (QED) is 0.139. The fourth-order valence-corrected chi connectivity index (χ4v) is 5.12. The lowest BCUT2D eigenvalue weighted by Crippen LogP contribution is -2.42. The third kappa shape index (κ3) is 8.04. The van der Waals surface area contributed by atoms with Crippen LogP contribution in [0.15, 0.2) is 103 Å². The molecule has 5 rings (SSSR count). The summed E-state index contributed by atoms with van der Waals surface area (Å²) in [6, 6.07) is 30.2. The molecule has 0 saturated carbocycles. The van der Waals surface area contributed by atoms with Gasteiger partial charge in [-0.3, -0.25) is 9.59 Å². The summed E-state index contributed by atoms with van der Waals surface area (Å²) < 4.78 is 5.97. The van der Waals surface area contributed by atoms with Crippen molar-refractivity contribution in [3.63, 3.8) is 0 Å². The Morgan fingerprint density at radius 3 is 1.91 bits per heavy atom. The highest BCUT2D eigenvalue weighted by molar-refractivity contribution is 6.00. The first-order valence-corrected chi connectivity index (χ1v) is 15.0. The fourth-order valence-electron chi connectivity index (χ4n) is 5.12. The molecule has 0 aromatic heterocycles. The first-order chi connectivity index (χ1) is 21.7. The first kappa shape index (κ1) is 31.2. The van der Waals surface area contributed by atoms with Crippen LogP contribution in [0.1, 0.15) is 35.3 Å². The second-order valence-corrected chi connectivity index (χ2v) is 11.6. The molecule has 5 aromatic rings. The molecule has 0 bridgehead atoms. The Hall–Kier alpha value is -5.21. The van der Waals surface area contributed by atoms with Crippen molar-refractivity contribution < 1.29 is 24.2 Å². The molecular formula is C37H37N3O5. The molecular weight excluding hydrogens is 566 g/mol. The molecule has 0 unspecified atom stereocenters. The normalized spacial score (nSPS) is 12.5. The van der Waals surface area contributed by atoms with Crippen LogP contribution in [0.25, 0.3) is 21.5 Å². The summed E-state index contributed by atoms with van der Waals surface area (Å²) in [5.74, 6) is -1.62. The van der Waals surface area contributed by atoms with E-state index in [1.165, 1.54) is 12.1 Å². The van der Waals surface area contributed by atoms with Crippen LogP contribution in [0.4, 0.5) is 5.69 Å². The van der Waals surface area contributed by atoms with Gasteiger partial charge in [0.15, 0.2) is 0 Å². The summed E-state index contributed by atoms with van der Waals surface area (Å²) in [7, 11) is 0. The van der Waals surface area contributed by atoms with Crippen LogP contribution in [0.5, 0.6) is 5.75 Å². The number of aliphatic carboxylic acids is 1. The van der Waals surface area contributed by atoms with E-state index >= 15 is 0 Å². The maximum absolute atomic E-state index is 13.3. The summed E-state index contributed by atoms with van der Waals surface area (Å²) in [4.78, 5) is 38.5. The molecule has 0 radical (unpaired) electrons. The maximum atomic E-state index is 13.3. The minimum absolute atomic E-state index is 0.117. The summed E-state index contributed by atoms with van der Waals surface area (Å²) in [6.07, 6.45) is 0.457. The SMILES string of the molecule is CC(C)COc1cc(C(=O)N[C@@H](Cc2ccc3ccccc3c2)C(=O)O)ccc1NC(=O)[C@@H](N)Cc1ccc2ccccc2c1. The molecule has 5 aromatic carbocycles.